The predicted molar refractivity (Wildman–Crippen MR) is 82.3 cm³/mol. The average molecular weight is 343 g/mol. The lowest BCUT2D eigenvalue weighted by Gasteiger charge is -2.05. The Morgan fingerprint density at radius 2 is 2.09 bits per heavy atom. The van der Waals surface area contributed by atoms with Crippen LogP contribution in [0.5, 0.6) is 0 Å². The molecule has 1 amide bonds. The summed E-state index contributed by atoms with van der Waals surface area (Å²) in [6, 6.07) is 1.50. The van der Waals surface area contributed by atoms with Crippen molar-refractivity contribution < 1.29 is 22.7 Å². The number of nitrogens with one attached hydrogen (secondary N) is 2. The molecule has 1 aliphatic carbocycles. The third kappa shape index (κ3) is 4.80. The fourth-order valence-electron chi connectivity index (χ4n) is 2.00. The van der Waals surface area contributed by atoms with E-state index in [1.54, 1.807) is 14.0 Å². The van der Waals surface area contributed by atoms with Crippen LogP contribution in [0.2, 0.25) is 0 Å². The van der Waals surface area contributed by atoms with Crippen LogP contribution in [0.15, 0.2) is 17.2 Å². The van der Waals surface area contributed by atoms with E-state index in [9.17, 15) is 18.0 Å². The van der Waals surface area contributed by atoms with Crippen molar-refractivity contribution in [3.63, 3.8) is 0 Å². The van der Waals surface area contributed by atoms with Crippen LogP contribution in [-0.2, 0) is 26.6 Å². The number of hydrogen-bond donors (Lipinski definition) is 2. The number of amides is 1. The van der Waals surface area contributed by atoms with Crippen molar-refractivity contribution in [2.45, 2.75) is 37.1 Å². The lowest BCUT2D eigenvalue weighted by atomic mass is 10.4. The third-order valence-corrected chi connectivity index (χ3v) is 4.79. The predicted octanol–water partition coefficient (Wildman–Crippen LogP) is 0.149. The van der Waals surface area contributed by atoms with Crippen LogP contribution in [0.3, 0.4) is 0 Å². The van der Waals surface area contributed by atoms with Crippen molar-refractivity contribution in [3.8, 4) is 0 Å². The summed E-state index contributed by atoms with van der Waals surface area (Å²) in [6.07, 6.45) is 3.38. The number of sulfonamides is 1. The molecule has 0 atom stereocenters. The molecule has 0 radical (unpaired) electrons. The molecule has 2 rings (SSSR count). The second-order valence-electron chi connectivity index (χ2n) is 5.38. The molecule has 0 bridgehead atoms. The fraction of sp³-hybridized carbons (Fsp3) is 0.571. The molecule has 0 saturated heterocycles. The van der Waals surface area contributed by atoms with Crippen molar-refractivity contribution in [1.29, 1.82) is 0 Å². The van der Waals surface area contributed by atoms with Gasteiger partial charge in [-0.2, -0.15) is 0 Å². The first-order chi connectivity index (χ1) is 10.8. The third-order valence-electron chi connectivity index (χ3n) is 3.36. The van der Waals surface area contributed by atoms with Crippen molar-refractivity contribution in [2.75, 3.05) is 13.2 Å². The highest BCUT2D eigenvalue weighted by molar-refractivity contribution is 7.89. The number of aromatic nitrogens is 1. The Kier molecular flexibility index (Phi) is 5.42. The first-order valence-corrected chi connectivity index (χ1v) is 8.94. The molecule has 1 fully saturated rings. The quantitative estimate of drug-likeness (QED) is 0.654. The standard InChI is InChI=1S/C14H21N3O5S/c1-3-22-14(19)12-8-11(9-17(12)2)23(20,21)15-7-6-13(18)16-10-4-5-10/h8-10,15H,3-7H2,1-2H3,(H,16,18). The van der Waals surface area contributed by atoms with Gasteiger partial charge in [0.2, 0.25) is 15.9 Å². The summed E-state index contributed by atoms with van der Waals surface area (Å²) in [5.41, 5.74) is 0.152. The van der Waals surface area contributed by atoms with Crippen molar-refractivity contribution >= 4 is 21.9 Å². The molecule has 1 heterocycles. The Balaban J connectivity index is 1.94. The molecule has 0 unspecified atom stereocenters. The van der Waals surface area contributed by atoms with E-state index in [4.69, 9.17) is 4.74 Å². The molecule has 9 heteroatoms. The Morgan fingerprint density at radius 3 is 2.70 bits per heavy atom. The van der Waals surface area contributed by atoms with Gasteiger partial charge in [0.1, 0.15) is 10.6 Å². The van der Waals surface area contributed by atoms with Gasteiger partial charge >= 0.3 is 5.97 Å². The summed E-state index contributed by atoms with van der Waals surface area (Å²) in [4.78, 5) is 23.2. The molecule has 1 aromatic heterocycles. The van der Waals surface area contributed by atoms with Gasteiger partial charge in [-0.3, -0.25) is 4.79 Å². The van der Waals surface area contributed by atoms with E-state index >= 15 is 0 Å². The van der Waals surface area contributed by atoms with Crippen LogP contribution in [0.4, 0.5) is 0 Å². The van der Waals surface area contributed by atoms with Crippen molar-refractivity contribution in [3.05, 3.63) is 18.0 Å². The van der Waals surface area contributed by atoms with Crippen molar-refractivity contribution in [2.24, 2.45) is 7.05 Å². The largest absolute Gasteiger partial charge is 0.461 e. The number of rotatable bonds is 8. The van der Waals surface area contributed by atoms with E-state index in [2.05, 4.69) is 10.0 Å². The van der Waals surface area contributed by atoms with E-state index < -0.39 is 16.0 Å². The highest BCUT2D eigenvalue weighted by Crippen LogP contribution is 2.18. The van der Waals surface area contributed by atoms with Gasteiger partial charge in [-0.05, 0) is 25.8 Å². The van der Waals surface area contributed by atoms with Gasteiger partial charge in [-0.25, -0.2) is 17.9 Å². The Labute approximate surface area is 135 Å². The number of carbonyl (C=O) groups excluding carboxylic acids is 2. The first kappa shape index (κ1) is 17.5. The molecule has 0 aliphatic heterocycles. The molecular weight excluding hydrogens is 322 g/mol. The van der Waals surface area contributed by atoms with Crippen LogP contribution in [0, 0.1) is 0 Å². The number of esters is 1. The van der Waals surface area contributed by atoms with E-state index in [0.29, 0.717) is 0 Å². The lowest BCUT2D eigenvalue weighted by molar-refractivity contribution is -0.121. The summed E-state index contributed by atoms with van der Waals surface area (Å²) < 4.78 is 33.0. The number of carbonyl (C=O) groups is 2. The van der Waals surface area contributed by atoms with Gasteiger partial charge < -0.3 is 14.6 Å². The summed E-state index contributed by atoms with van der Waals surface area (Å²) in [5, 5.41) is 2.78. The van der Waals surface area contributed by atoms with Gasteiger partial charge in [0.25, 0.3) is 0 Å². The second-order valence-corrected chi connectivity index (χ2v) is 7.15. The van der Waals surface area contributed by atoms with Crippen LogP contribution >= 0.6 is 0 Å². The minimum Gasteiger partial charge on any atom is -0.461 e. The topological polar surface area (TPSA) is 106 Å². The maximum Gasteiger partial charge on any atom is 0.354 e. The molecule has 128 valence electrons. The molecule has 0 aromatic carbocycles. The van der Waals surface area contributed by atoms with Gasteiger partial charge in [0.15, 0.2) is 0 Å². The van der Waals surface area contributed by atoms with E-state index in [1.165, 1.54) is 16.8 Å². The number of ether oxygens (including phenoxy) is 1. The number of aryl methyl sites for hydroxylation is 1. The van der Waals surface area contributed by atoms with Gasteiger partial charge in [0, 0.05) is 32.3 Å². The minimum atomic E-state index is -3.78. The SMILES string of the molecule is CCOC(=O)c1cc(S(=O)(=O)NCCC(=O)NC2CC2)cn1C. The molecule has 8 nitrogen and oxygen atoms in total. The molecule has 1 aliphatic rings. The summed E-state index contributed by atoms with van der Waals surface area (Å²) in [5.74, 6) is -0.754. The minimum absolute atomic E-state index is 0.00448. The van der Waals surface area contributed by atoms with Gasteiger partial charge in [-0.15, -0.1) is 0 Å². The molecule has 1 aromatic rings. The Morgan fingerprint density at radius 1 is 1.39 bits per heavy atom. The molecule has 0 spiro atoms. The van der Waals surface area contributed by atoms with Crippen LogP contribution in [0.25, 0.3) is 0 Å². The van der Waals surface area contributed by atoms with Gasteiger partial charge in [-0.1, -0.05) is 0 Å². The molecular formula is C14H21N3O5S. The number of nitrogens with zero attached hydrogens (tertiary/aromatic N) is 1. The first-order valence-electron chi connectivity index (χ1n) is 7.46. The maximum atomic E-state index is 12.2. The smallest absolute Gasteiger partial charge is 0.354 e. The lowest BCUT2D eigenvalue weighted by Crippen LogP contribution is -2.31. The van der Waals surface area contributed by atoms with Gasteiger partial charge in [0.05, 0.1) is 6.61 Å². The fourth-order valence-corrected chi connectivity index (χ4v) is 3.10. The van der Waals surface area contributed by atoms with E-state index in [0.717, 1.165) is 12.8 Å². The molecule has 23 heavy (non-hydrogen) atoms. The monoisotopic (exact) mass is 343 g/mol. The Hall–Kier alpha value is -1.87. The summed E-state index contributed by atoms with van der Waals surface area (Å²) in [6.45, 7) is 1.89. The van der Waals surface area contributed by atoms with Crippen LogP contribution < -0.4 is 10.0 Å². The zero-order chi connectivity index (χ0) is 17.0. The summed E-state index contributed by atoms with van der Waals surface area (Å²) in [7, 11) is -2.21. The number of hydrogen-bond acceptors (Lipinski definition) is 5. The highest BCUT2D eigenvalue weighted by Gasteiger charge is 2.24. The maximum absolute atomic E-state index is 12.2. The van der Waals surface area contributed by atoms with Crippen molar-refractivity contribution in [1.82, 2.24) is 14.6 Å². The molecule has 2 N–H and O–H groups in total. The Bertz CT molecular complexity index is 691. The summed E-state index contributed by atoms with van der Waals surface area (Å²) >= 11 is 0. The highest BCUT2D eigenvalue weighted by atomic mass is 32.2. The van der Waals surface area contributed by atoms with Crippen LogP contribution in [-0.4, -0.2) is 44.1 Å². The average Bonchev–Trinajstić information content (AvgIpc) is 3.17. The molecule has 1 saturated carbocycles. The zero-order valence-electron chi connectivity index (χ0n) is 13.2. The normalized spacial score (nSPS) is 14.5. The van der Waals surface area contributed by atoms with Crippen LogP contribution in [0.1, 0.15) is 36.7 Å². The van der Waals surface area contributed by atoms with E-state index in [1.807, 2.05) is 0 Å². The zero-order valence-corrected chi connectivity index (χ0v) is 14.0. The van der Waals surface area contributed by atoms with E-state index in [-0.39, 0.29) is 42.1 Å². The second kappa shape index (κ2) is 7.14.